The fraction of sp³-hybridized carbons (Fsp3) is 0.381. The van der Waals surface area contributed by atoms with Crippen LogP contribution in [0.3, 0.4) is 0 Å². The Kier molecular flexibility index (Phi) is 5.46. The third-order valence-corrected chi connectivity index (χ3v) is 5.64. The summed E-state index contributed by atoms with van der Waals surface area (Å²) in [5.41, 5.74) is 0.431. The van der Waals surface area contributed by atoms with E-state index < -0.39 is 11.7 Å². The average Bonchev–Trinajstić information content (AvgIpc) is 3.17. The molecule has 0 bridgehead atoms. The van der Waals surface area contributed by atoms with Crippen LogP contribution in [-0.2, 0) is 11.0 Å². The van der Waals surface area contributed by atoms with Crippen molar-refractivity contribution in [1.29, 1.82) is 0 Å². The predicted molar refractivity (Wildman–Crippen MR) is 106 cm³/mol. The average molecular weight is 417 g/mol. The van der Waals surface area contributed by atoms with Gasteiger partial charge in [0.2, 0.25) is 5.91 Å². The second-order valence-corrected chi connectivity index (χ2v) is 7.54. The lowest BCUT2D eigenvalue weighted by atomic mass is 9.95. The molecule has 158 valence electrons. The topological polar surface area (TPSA) is 62.5 Å². The summed E-state index contributed by atoms with van der Waals surface area (Å²) in [5, 5.41) is 11.3. The van der Waals surface area contributed by atoms with Gasteiger partial charge in [-0.3, -0.25) is 14.1 Å². The molecule has 9 heteroatoms. The van der Waals surface area contributed by atoms with Gasteiger partial charge in [0.05, 0.1) is 11.6 Å². The number of nitrogens with one attached hydrogen (secondary N) is 1. The van der Waals surface area contributed by atoms with Crippen molar-refractivity contribution in [3.8, 4) is 0 Å². The number of fused-ring (bicyclic) bond motifs is 1. The minimum Gasteiger partial charge on any atom is -0.325 e. The fourth-order valence-corrected chi connectivity index (χ4v) is 3.84. The third-order valence-electron chi connectivity index (χ3n) is 5.64. The number of likely N-dealkylation sites (tertiary alicyclic amines) is 1. The molecule has 1 atom stereocenters. The van der Waals surface area contributed by atoms with Crippen molar-refractivity contribution in [2.75, 3.05) is 18.4 Å². The monoisotopic (exact) mass is 417 g/mol. The number of halogens is 3. The zero-order chi connectivity index (χ0) is 21.3. The zero-order valence-corrected chi connectivity index (χ0v) is 16.4. The number of carbonyl (C=O) groups is 1. The first-order valence-electron chi connectivity index (χ1n) is 9.85. The molecule has 1 saturated heterocycles. The van der Waals surface area contributed by atoms with Crippen LogP contribution >= 0.6 is 0 Å². The fourth-order valence-electron chi connectivity index (χ4n) is 3.84. The molecule has 1 fully saturated rings. The van der Waals surface area contributed by atoms with E-state index in [1.54, 1.807) is 0 Å². The summed E-state index contributed by atoms with van der Waals surface area (Å²) in [6.07, 6.45) is -0.728. The number of benzene rings is 1. The van der Waals surface area contributed by atoms with Crippen LogP contribution in [0.25, 0.3) is 5.65 Å². The highest BCUT2D eigenvalue weighted by Gasteiger charge is 2.31. The molecule has 1 aliphatic rings. The van der Waals surface area contributed by atoms with Crippen LogP contribution in [-0.4, -0.2) is 44.5 Å². The van der Waals surface area contributed by atoms with E-state index in [-0.39, 0.29) is 17.9 Å². The van der Waals surface area contributed by atoms with E-state index in [2.05, 4.69) is 20.4 Å². The van der Waals surface area contributed by atoms with Crippen LogP contribution in [0.2, 0.25) is 0 Å². The van der Waals surface area contributed by atoms with Crippen LogP contribution in [0, 0.1) is 0 Å². The minimum absolute atomic E-state index is 0.235. The van der Waals surface area contributed by atoms with E-state index in [1.807, 2.05) is 35.7 Å². The second-order valence-electron chi connectivity index (χ2n) is 7.54. The van der Waals surface area contributed by atoms with Gasteiger partial charge >= 0.3 is 6.18 Å². The van der Waals surface area contributed by atoms with Gasteiger partial charge in [-0.25, -0.2) is 0 Å². The molecule has 30 heavy (non-hydrogen) atoms. The quantitative estimate of drug-likeness (QED) is 0.698. The summed E-state index contributed by atoms with van der Waals surface area (Å²) >= 11 is 0. The van der Waals surface area contributed by atoms with E-state index >= 15 is 0 Å². The van der Waals surface area contributed by atoms with Gasteiger partial charge in [-0.05, 0) is 69.3 Å². The Hall–Kier alpha value is -2.94. The number of nitrogens with zero attached hydrogens (tertiary/aromatic N) is 4. The zero-order valence-electron chi connectivity index (χ0n) is 16.4. The number of amides is 1. The molecule has 3 aromatic rings. The Labute approximate surface area is 171 Å². The Balaban J connectivity index is 1.34. The maximum Gasteiger partial charge on any atom is 0.416 e. The Morgan fingerprint density at radius 1 is 1.10 bits per heavy atom. The van der Waals surface area contributed by atoms with Crippen molar-refractivity contribution in [1.82, 2.24) is 19.5 Å². The predicted octanol–water partition coefficient (Wildman–Crippen LogP) is 3.95. The van der Waals surface area contributed by atoms with Crippen LogP contribution in [0.5, 0.6) is 0 Å². The lowest BCUT2D eigenvalue weighted by Gasteiger charge is -2.34. The number of alkyl halides is 3. The van der Waals surface area contributed by atoms with Crippen molar-refractivity contribution >= 4 is 17.2 Å². The molecule has 0 aliphatic carbocycles. The Bertz CT molecular complexity index is 1020. The highest BCUT2D eigenvalue weighted by Crippen LogP contribution is 2.30. The number of aromatic nitrogens is 3. The largest absolute Gasteiger partial charge is 0.416 e. The second kappa shape index (κ2) is 8.06. The Morgan fingerprint density at radius 2 is 1.80 bits per heavy atom. The number of piperidine rings is 1. The first-order valence-corrected chi connectivity index (χ1v) is 9.85. The first-order chi connectivity index (χ1) is 14.3. The van der Waals surface area contributed by atoms with E-state index in [4.69, 9.17) is 0 Å². The first kappa shape index (κ1) is 20.3. The number of carbonyl (C=O) groups excluding carboxylic acids is 1. The molecule has 2 aromatic heterocycles. The molecule has 1 amide bonds. The summed E-state index contributed by atoms with van der Waals surface area (Å²) in [5.74, 6) is 0.970. The summed E-state index contributed by atoms with van der Waals surface area (Å²) in [4.78, 5) is 14.7. The lowest BCUT2D eigenvalue weighted by molar-refractivity contribution is -0.137. The molecular weight excluding hydrogens is 395 g/mol. The van der Waals surface area contributed by atoms with Gasteiger partial charge in [-0.1, -0.05) is 6.07 Å². The normalized spacial score (nSPS) is 17.2. The van der Waals surface area contributed by atoms with Crippen molar-refractivity contribution in [3.05, 3.63) is 60.0 Å². The van der Waals surface area contributed by atoms with Gasteiger partial charge in [-0.2, -0.15) is 13.2 Å². The molecule has 0 spiro atoms. The van der Waals surface area contributed by atoms with Crippen molar-refractivity contribution in [2.45, 2.75) is 37.9 Å². The van der Waals surface area contributed by atoms with Gasteiger partial charge in [-0.15, -0.1) is 10.2 Å². The van der Waals surface area contributed by atoms with Crippen LogP contribution < -0.4 is 5.32 Å². The number of anilines is 1. The van der Waals surface area contributed by atoms with E-state index in [1.165, 1.54) is 12.1 Å². The van der Waals surface area contributed by atoms with E-state index in [0.717, 1.165) is 49.5 Å². The highest BCUT2D eigenvalue weighted by atomic mass is 19.4. The van der Waals surface area contributed by atoms with E-state index in [0.29, 0.717) is 5.69 Å². The molecule has 6 nitrogen and oxygen atoms in total. The molecule has 0 saturated carbocycles. The van der Waals surface area contributed by atoms with Gasteiger partial charge < -0.3 is 5.32 Å². The number of rotatable bonds is 4. The number of hydrogen-bond acceptors (Lipinski definition) is 4. The maximum atomic E-state index is 12.7. The summed E-state index contributed by atoms with van der Waals surface area (Å²) in [6, 6.07) is 9.88. The van der Waals surface area contributed by atoms with Gasteiger partial charge in [0.25, 0.3) is 0 Å². The van der Waals surface area contributed by atoms with Crippen LogP contribution in [0.1, 0.15) is 37.1 Å². The van der Waals surface area contributed by atoms with Crippen molar-refractivity contribution in [2.24, 2.45) is 0 Å². The lowest BCUT2D eigenvalue weighted by Crippen LogP contribution is -2.45. The van der Waals surface area contributed by atoms with Crippen LogP contribution in [0.15, 0.2) is 48.7 Å². The summed E-state index contributed by atoms with van der Waals surface area (Å²) in [7, 11) is 0. The molecule has 3 heterocycles. The molecule has 0 radical (unpaired) electrons. The molecule has 1 N–H and O–H groups in total. The smallest absolute Gasteiger partial charge is 0.325 e. The third kappa shape index (κ3) is 4.16. The number of hydrogen-bond donors (Lipinski definition) is 1. The van der Waals surface area contributed by atoms with E-state index in [9.17, 15) is 18.0 Å². The summed E-state index contributed by atoms with van der Waals surface area (Å²) < 4.78 is 40.0. The van der Waals surface area contributed by atoms with Crippen molar-refractivity contribution in [3.63, 3.8) is 0 Å². The molecule has 1 aromatic carbocycles. The SMILES string of the molecule is CC(C(=O)Nc1ccc(C(F)(F)F)cc1)N1CCC(c2nnc3ccccn23)CC1. The summed E-state index contributed by atoms with van der Waals surface area (Å²) in [6.45, 7) is 3.27. The molecule has 1 unspecified atom stereocenters. The van der Waals surface area contributed by atoms with Gasteiger partial charge in [0, 0.05) is 17.8 Å². The van der Waals surface area contributed by atoms with Crippen molar-refractivity contribution < 1.29 is 18.0 Å². The maximum absolute atomic E-state index is 12.7. The standard InChI is InChI=1S/C21H22F3N5O/c1-14(20(30)25-17-7-5-16(6-8-17)21(22,23)24)28-12-9-15(10-13-28)19-27-26-18-4-2-3-11-29(18)19/h2-8,11,14-15H,9-10,12-13H2,1H3,(H,25,30). The van der Waals surface area contributed by atoms with Gasteiger partial charge in [0.1, 0.15) is 5.82 Å². The molecular formula is C21H22F3N5O. The number of pyridine rings is 1. The highest BCUT2D eigenvalue weighted by molar-refractivity contribution is 5.94. The Morgan fingerprint density at radius 3 is 2.47 bits per heavy atom. The minimum atomic E-state index is -4.39. The molecule has 1 aliphatic heterocycles. The molecule has 4 rings (SSSR count). The van der Waals surface area contributed by atoms with Crippen LogP contribution in [0.4, 0.5) is 18.9 Å². The van der Waals surface area contributed by atoms with Gasteiger partial charge in [0.15, 0.2) is 5.65 Å².